The summed E-state index contributed by atoms with van der Waals surface area (Å²) in [6.45, 7) is 3.11. The first-order valence-corrected chi connectivity index (χ1v) is 7.61. The Kier molecular flexibility index (Phi) is 5.39. The van der Waals surface area contributed by atoms with Crippen LogP contribution in [0.5, 0.6) is 0 Å². The first kappa shape index (κ1) is 14.8. The van der Waals surface area contributed by atoms with Crippen molar-refractivity contribution in [3.05, 3.63) is 23.9 Å². The molecule has 1 aliphatic rings. The average Bonchev–Trinajstić information content (AvgIpc) is 2.47. The van der Waals surface area contributed by atoms with Gasteiger partial charge in [0.05, 0.1) is 0 Å². The predicted molar refractivity (Wildman–Crippen MR) is 81.9 cm³/mol. The first-order valence-electron chi connectivity index (χ1n) is 7.61. The van der Waals surface area contributed by atoms with Gasteiger partial charge in [0, 0.05) is 25.4 Å². The van der Waals surface area contributed by atoms with Gasteiger partial charge in [0.15, 0.2) is 0 Å². The second kappa shape index (κ2) is 7.27. The maximum atomic E-state index is 12.1. The molecule has 0 saturated heterocycles. The molecule has 0 radical (unpaired) electrons. The van der Waals surface area contributed by atoms with Crippen molar-refractivity contribution in [1.82, 2.24) is 10.3 Å². The molecule has 2 N–H and O–H groups in total. The molecule has 1 aromatic heterocycles. The highest BCUT2D eigenvalue weighted by Gasteiger charge is 2.18. The van der Waals surface area contributed by atoms with Gasteiger partial charge in [-0.15, -0.1) is 0 Å². The van der Waals surface area contributed by atoms with Crippen molar-refractivity contribution < 1.29 is 4.79 Å². The number of pyridine rings is 1. The van der Waals surface area contributed by atoms with Gasteiger partial charge in [-0.25, -0.2) is 4.98 Å². The monoisotopic (exact) mass is 275 g/mol. The van der Waals surface area contributed by atoms with E-state index < -0.39 is 0 Å². The van der Waals surface area contributed by atoms with E-state index in [0.717, 1.165) is 30.6 Å². The van der Waals surface area contributed by atoms with Gasteiger partial charge in [0.1, 0.15) is 5.82 Å². The third-order valence-corrected chi connectivity index (χ3v) is 4.16. The largest absolute Gasteiger partial charge is 0.373 e. The van der Waals surface area contributed by atoms with Crippen LogP contribution in [-0.2, 0) is 0 Å². The van der Waals surface area contributed by atoms with Crippen LogP contribution in [0.3, 0.4) is 0 Å². The van der Waals surface area contributed by atoms with Gasteiger partial charge < -0.3 is 10.6 Å². The van der Waals surface area contributed by atoms with Crippen LogP contribution >= 0.6 is 0 Å². The lowest BCUT2D eigenvalue weighted by Gasteiger charge is -2.26. The van der Waals surface area contributed by atoms with Gasteiger partial charge in [0.2, 0.25) is 0 Å². The lowest BCUT2D eigenvalue weighted by atomic mass is 9.81. The molecule has 1 fully saturated rings. The van der Waals surface area contributed by atoms with Crippen LogP contribution in [0.25, 0.3) is 0 Å². The summed E-state index contributed by atoms with van der Waals surface area (Å²) in [4.78, 5) is 16.2. The highest BCUT2D eigenvalue weighted by atomic mass is 16.1. The van der Waals surface area contributed by atoms with E-state index in [9.17, 15) is 4.79 Å². The minimum atomic E-state index is -0.00671. The Hall–Kier alpha value is -1.58. The summed E-state index contributed by atoms with van der Waals surface area (Å²) < 4.78 is 0. The third kappa shape index (κ3) is 4.22. The third-order valence-electron chi connectivity index (χ3n) is 4.16. The first-order chi connectivity index (χ1) is 9.69. The highest BCUT2D eigenvalue weighted by molar-refractivity contribution is 5.94. The van der Waals surface area contributed by atoms with Crippen LogP contribution in [0.1, 0.15) is 49.4 Å². The standard InChI is InChI=1S/C16H25N3O/c1-12-4-3-5-13(10-12)6-8-19-16(20)14-7-9-18-15(11-14)17-2/h7,9,11-13H,3-6,8,10H2,1-2H3,(H,17,18)(H,19,20). The van der Waals surface area contributed by atoms with E-state index in [1.54, 1.807) is 25.4 Å². The van der Waals surface area contributed by atoms with Crippen LogP contribution in [-0.4, -0.2) is 24.5 Å². The van der Waals surface area contributed by atoms with E-state index in [2.05, 4.69) is 22.5 Å². The zero-order chi connectivity index (χ0) is 14.4. The van der Waals surface area contributed by atoms with Crippen LogP contribution < -0.4 is 10.6 Å². The summed E-state index contributed by atoms with van der Waals surface area (Å²) in [5, 5.41) is 5.96. The Balaban J connectivity index is 1.77. The predicted octanol–water partition coefficient (Wildman–Crippen LogP) is 3.07. The Morgan fingerprint density at radius 3 is 3.05 bits per heavy atom. The van der Waals surface area contributed by atoms with Crippen molar-refractivity contribution in [1.29, 1.82) is 0 Å². The van der Waals surface area contributed by atoms with Gasteiger partial charge in [-0.05, 0) is 36.8 Å². The van der Waals surface area contributed by atoms with E-state index in [4.69, 9.17) is 0 Å². The second-order valence-electron chi connectivity index (χ2n) is 5.86. The molecule has 0 spiro atoms. The maximum absolute atomic E-state index is 12.1. The SMILES string of the molecule is CNc1cc(C(=O)NCCC2CCCC(C)C2)ccn1. The zero-order valence-corrected chi connectivity index (χ0v) is 12.5. The lowest BCUT2D eigenvalue weighted by Crippen LogP contribution is -2.27. The minimum absolute atomic E-state index is 0.00671. The van der Waals surface area contributed by atoms with E-state index in [0.29, 0.717) is 5.56 Å². The molecule has 1 heterocycles. The normalized spacial score (nSPS) is 22.3. The van der Waals surface area contributed by atoms with Crippen LogP contribution in [0.4, 0.5) is 5.82 Å². The molecule has 0 bridgehead atoms. The molecule has 1 aliphatic carbocycles. The fraction of sp³-hybridized carbons (Fsp3) is 0.625. The molecule has 1 aromatic rings. The van der Waals surface area contributed by atoms with Gasteiger partial charge >= 0.3 is 0 Å². The molecule has 2 atom stereocenters. The minimum Gasteiger partial charge on any atom is -0.373 e. The van der Waals surface area contributed by atoms with Crippen LogP contribution in [0, 0.1) is 11.8 Å². The Bertz CT molecular complexity index is 447. The van der Waals surface area contributed by atoms with E-state index in [1.807, 2.05) is 0 Å². The molecule has 110 valence electrons. The van der Waals surface area contributed by atoms with Crippen molar-refractivity contribution >= 4 is 11.7 Å². The van der Waals surface area contributed by atoms with Gasteiger partial charge in [-0.3, -0.25) is 4.79 Å². The molecule has 20 heavy (non-hydrogen) atoms. The van der Waals surface area contributed by atoms with E-state index >= 15 is 0 Å². The number of nitrogens with zero attached hydrogens (tertiary/aromatic N) is 1. The Labute approximate surface area is 121 Å². The van der Waals surface area contributed by atoms with Crippen LogP contribution in [0.2, 0.25) is 0 Å². The molecule has 0 aromatic carbocycles. The average molecular weight is 275 g/mol. The molecular weight excluding hydrogens is 250 g/mol. The summed E-state index contributed by atoms with van der Waals surface area (Å²) in [5.41, 5.74) is 0.668. The summed E-state index contributed by atoms with van der Waals surface area (Å²) in [6, 6.07) is 3.52. The van der Waals surface area contributed by atoms with E-state index in [-0.39, 0.29) is 5.91 Å². The van der Waals surface area contributed by atoms with Crippen molar-refractivity contribution in [3.63, 3.8) is 0 Å². The van der Waals surface area contributed by atoms with Crippen molar-refractivity contribution in [3.8, 4) is 0 Å². The molecule has 4 nitrogen and oxygen atoms in total. The van der Waals surface area contributed by atoms with Crippen molar-refractivity contribution in [2.75, 3.05) is 18.9 Å². The molecule has 1 amide bonds. The number of amides is 1. The topological polar surface area (TPSA) is 54.0 Å². The van der Waals surface area contributed by atoms with Crippen molar-refractivity contribution in [2.24, 2.45) is 11.8 Å². The zero-order valence-electron chi connectivity index (χ0n) is 12.5. The Morgan fingerprint density at radius 1 is 1.45 bits per heavy atom. The molecule has 0 aliphatic heterocycles. The second-order valence-corrected chi connectivity index (χ2v) is 5.86. The Morgan fingerprint density at radius 2 is 2.30 bits per heavy atom. The number of anilines is 1. The summed E-state index contributed by atoms with van der Waals surface area (Å²) in [5.74, 6) is 2.35. The van der Waals surface area contributed by atoms with E-state index in [1.165, 1.54) is 25.7 Å². The fourth-order valence-corrected chi connectivity index (χ4v) is 3.02. The smallest absolute Gasteiger partial charge is 0.251 e. The van der Waals surface area contributed by atoms with Crippen molar-refractivity contribution in [2.45, 2.75) is 39.0 Å². The van der Waals surface area contributed by atoms with Gasteiger partial charge in [-0.1, -0.05) is 26.2 Å². The number of hydrogen-bond donors (Lipinski definition) is 2. The molecule has 2 rings (SSSR count). The number of rotatable bonds is 5. The molecular formula is C16H25N3O. The quantitative estimate of drug-likeness (QED) is 0.868. The number of aromatic nitrogens is 1. The molecule has 1 saturated carbocycles. The molecule has 4 heteroatoms. The summed E-state index contributed by atoms with van der Waals surface area (Å²) >= 11 is 0. The number of carbonyl (C=O) groups excluding carboxylic acids is 1. The van der Waals surface area contributed by atoms with Gasteiger partial charge in [-0.2, -0.15) is 0 Å². The number of nitrogens with one attached hydrogen (secondary N) is 2. The van der Waals surface area contributed by atoms with Crippen LogP contribution in [0.15, 0.2) is 18.3 Å². The molecule has 2 unspecified atom stereocenters. The highest BCUT2D eigenvalue weighted by Crippen LogP contribution is 2.30. The summed E-state index contributed by atoms with van der Waals surface area (Å²) in [7, 11) is 1.80. The lowest BCUT2D eigenvalue weighted by molar-refractivity contribution is 0.0949. The summed E-state index contributed by atoms with van der Waals surface area (Å²) in [6.07, 6.45) is 8.10. The number of hydrogen-bond acceptors (Lipinski definition) is 3. The fourth-order valence-electron chi connectivity index (χ4n) is 3.02. The maximum Gasteiger partial charge on any atom is 0.251 e. The number of carbonyl (C=O) groups is 1. The van der Waals surface area contributed by atoms with Gasteiger partial charge in [0.25, 0.3) is 5.91 Å².